The van der Waals surface area contributed by atoms with E-state index in [4.69, 9.17) is 21.1 Å². The van der Waals surface area contributed by atoms with Gasteiger partial charge >= 0.3 is 0 Å². The highest BCUT2D eigenvalue weighted by molar-refractivity contribution is 9.10. The number of ether oxygens (including phenoxy) is 2. The molecule has 0 saturated carbocycles. The van der Waals surface area contributed by atoms with Crippen LogP contribution in [0, 0.1) is 0 Å². The summed E-state index contributed by atoms with van der Waals surface area (Å²) >= 11 is 9.22. The molecule has 20 heavy (non-hydrogen) atoms. The van der Waals surface area contributed by atoms with Gasteiger partial charge in [-0.05, 0) is 46.3 Å². The standard InChI is InChI=1S/C15H12BrClO3/c1-19-11-7-12(16)14(13(8-11)20-2)15(18)9-3-5-10(17)6-4-9/h3-8H,1-2H3. The van der Waals surface area contributed by atoms with E-state index >= 15 is 0 Å². The molecule has 0 aliphatic carbocycles. The van der Waals surface area contributed by atoms with Crippen molar-refractivity contribution in [2.45, 2.75) is 0 Å². The van der Waals surface area contributed by atoms with Crippen LogP contribution in [0.2, 0.25) is 5.02 Å². The number of hydrogen-bond donors (Lipinski definition) is 0. The number of halogens is 2. The van der Waals surface area contributed by atoms with Gasteiger partial charge in [-0.15, -0.1) is 0 Å². The Morgan fingerprint density at radius 1 is 1.10 bits per heavy atom. The first-order chi connectivity index (χ1) is 9.56. The van der Waals surface area contributed by atoms with Crippen molar-refractivity contribution in [2.75, 3.05) is 14.2 Å². The van der Waals surface area contributed by atoms with E-state index in [9.17, 15) is 4.79 Å². The van der Waals surface area contributed by atoms with Crippen LogP contribution >= 0.6 is 27.5 Å². The van der Waals surface area contributed by atoms with Crippen LogP contribution in [0.4, 0.5) is 0 Å². The second-order valence-electron chi connectivity index (χ2n) is 4.02. The second kappa shape index (κ2) is 6.29. The van der Waals surface area contributed by atoms with Crippen LogP contribution in [0.1, 0.15) is 15.9 Å². The number of carbonyl (C=O) groups excluding carboxylic acids is 1. The highest BCUT2D eigenvalue weighted by Gasteiger charge is 2.19. The van der Waals surface area contributed by atoms with E-state index in [0.717, 1.165) is 0 Å². The molecule has 0 saturated heterocycles. The number of methoxy groups -OCH3 is 2. The van der Waals surface area contributed by atoms with Crippen molar-refractivity contribution < 1.29 is 14.3 Å². The van der Waals surface area contributed by atoms with E-state index < -0.39 is 0 Å². The van der Waals surface area contributed by atoms with Gasteiger partial charge in [0.05, 0.1) is 19.8 Å². The number of carbonyl (C=O) groups is 1. The topological polar surface area (TPSA) is 35.5 Å². The van der Waals surface area contributed by atoms with Gasteiger partial charge in [0.2, 0.25) is 0 Å². The van der Waals surface area contributed by atoms with Gasteiger partial charge in [-0.3, -0.25) is 4.79 Å². The summed E-state index contributed by atoms with van der Waals surface area (Å²) in [6, 6.07) is 10.1. The quantitative estimate of drug-likeness (QED) is 0.765. The molecule has 0 fully saturated rings. The first-order valence-corrected chi connectivity index (χ1v) is 6.95. The number of rotatable bonds is 4. The van der Waals surface area contributed by atoms with Crippen molar-refractivity contribution in [3.05, 3.63) is 57.0 Å². The predicted molar refractivity (Wildman–Crippen MR) is 82.1 cm³/mol. The third-order valence-corrected chi connectivity index (χ3v) is 3.69. The molecule has 0 radical (unpaired) electrons. The zero-order valence-corrected chi connectivity index (χ0v) is 13.3. The molecule has 2 aromatic rings. The summed E-state index contributed by atoms with van der Waals surface area (Å²) in [6.07, 6.45) is 0. The van der Waals surface area contributed by atoms with Crippen molar-refractivity contribution in [1.82, 2.24) is 0 Å². The van der Waals surface area contributed by atoms with E-state index in [1.807, 2.05) is 0 Å². The molecule has 2 rings (SSSR count). The smallest absolute Gasteiger partial charge is 0.197 e. The Morgan fingerprint density at radius 2 is 1.75 bits per heavy atom. The average Bonchev–Trinajstić information content (AvgIpc) is 2.46. The van der Waals surface area contributed by atoms with Crippen LogP contribution in [0.3, 0.4) is 0 Å². The molecular formula is C15H12BrClO3. The summed E-state index contributed by atoms with van der Waals surface area (Å²) in [7, 11) is 3.07. The normalized spacial score (nSPS) is 10.2. The molecular weight excluding hydrogens is 344 g/mol. The molecule has 0 aliphatic heterocycles. The Morgan fingerprint density at radius 3 is 2.30 bits per heavy atom. The van der Waals surface area contributed by atoms with E-state index in [-0.39, 0.29) is 5.78 Å². The van der Waals surface area contributed by atoms with Crippen molar-refractivity contribution in [3.8, 4) is 11.5 Å². The van der Waals surface area contributed by atoms with Crippen LogP contribution in [0.15, 0.2) is 40.9 Å². The van der Waals surface area contributed by atoms with Crippen LogP contribution in [-0.4, -0.2) is 20.0 Å². The van der Waals surface area contributed by atoms with Gasteiger partial charge in [-0.1, -0.05) is 11.6 Å². The second-order valence-corrected chi connectivity index (χ2v) is 5.31. The van der Waals surface area contributed by atoms with Crippen LogP contribution in [-0.2, 0) is 0 Å². The van der Waals surface area contributed by atoms with E-state index in [0.29, 0.717) is 32.1 Å². The Labute approximate surface area is 130 Å². The van der Waals surface area contributed by atoms with Crippen LogP contribution in [0.5, 0.6) is 11.5 Å². The maximum Gasteiger partial charge on any atom is 0.197 e. The predicted octanol–water partition coefficient (Wildman–Crippen LogP) is 4.35. The minimum atomic E-state index is -0.145. The van der Waals surface area contributed by atoms with Gasteiger partial charge in [0.1, 0.15) is 11.5 Å². The van der Waals surface area contributed by atoms with Crippen molar-refractivity contribution in [1.29, 1.82) is 0 Å². The summed E-state index contributed by atoms with van der Waals surface area (Å²) in [6.45, 7) is 0. The fourth-order valence-corrected chi connectivity index (χ4v) is 2.53. The molecule has 3 nitrogen and oxygen atoms in total. The zero-order valence-electron chi connectivity index (χ0n) is 10.9. The lowest BCUT2D eigenvalue weighted by atomic mass is 10.0. The third-order valence-electron chi connectivity index (χ3n) is 2.82. The van der Waals surface area contributed by atoms with Gasteiger partial charge in [-0.2, -0.15) is 0 Å². The molecule has 0 amide bonds. The molecule has 0 N–H and O–H groups in total. The third kappa shape index (κ3) is 2.97. The molecule has 0 unspecified atom stereocenters. The fraction of sp³-hybridized carbons (Fsp3) is 0.133. The fourth-order valence-electron chi connectivity index (χ4n) is 1.80. The molecule has 0 aromatic heterocycles. The van der Waals surface area contributed by atoms with Crippen LogP contribution < -0.4 is 9.47 Å². The van der Waals surface area contributed by atoms with Gasteiger partial charge in [0.15, 0.2) is 5.78 Å². The van der Waals surface area contributed by atoms with E-state index in [2.05, 4.69) is 15.9 Å². The lowest BCUT2D eigenvalue weighted by molar-refractivity contribution is 0.103. The molecule has 0 spiro atoms. The Kier molecular flexibility index (Phi) is 4.68. The van der Waals surface area contributed by atoms with Gasteiger partial charge < -0.3 is 9.47 Å². The molecule has 104 valence electrons. The lowest BCUT2D eigenvalue weighted by Gasteiger charge is -2.12. The minimum absolute atomic E-state index is 0.145. The molecule has 0 bridgehead atoms. The summed E-state index contributed by atoms with van der Waals surface area (Å²) in [5.41, 5.74) is 0.995. The van der Waals surface area contributed by atoms with Crippen molar-refractivity contribution >= 4 is 33.3 Å². The number of benzene rings is 2. The highest BCUT2D eigenvalue weighted by Crippen LogP contribution is 2.34. The van der Waals surface area contributed by atoms with E-state index in [1.165, 1.54) is 7.11 Å². The Hall–Kier alpha value is -1.52. The highest BCUT2D eigenvalue weighted by atomic mass is 79.9. The Bertz CT molecular complexity index is 638. The summed E-state index contributed by atoms with van der Waals surface area (Å²) < 4.78 is 11.1. The summed E-state index contributed by atoms with van der Waals surface area (Å²) in [5.74, 6) is 0.922. The molecule has 0 aliphatic rings. The maximum absolute atomic E-state index is 12.6. The number of hydrogen-bond acceptors (Lipinski definition) is 3. The molecule has 5 heteroatoms. The Balaban J connectivity index is 2.51. The average molecular weight is 356 g/mol. The van der Waals surface area contributed by atoms with Gasteiger partial charge in [0.25, 0.3) is 0 Å². The first-order valence-electron chi connectivity index (χ1n) is 5.78. The summed E-state index contributed by atoms with van der Waals surface area (Å²) in [5, 5.41) is 0.585. The first kappa shape index (κ1) is 14.9. The molecule has 0 heterocycles. The van der Waals surface area contributed by atoms with Gasteiger partial charge in [-0.25, -0.2) is 0 Å². The summed E-state index contributed by atoms with van der Waals surface area (Å²) in [4.78, 5) is 12.6. The SMILES string of the molecule is COc1cc(Br)c(C(=O)c2ccc(Cl)cc2)c(OC)c1. The number of ketones is 1. The monoisotopic (exact) mass is 354 g/mol. The van der Waals surface area contributed by atoms with Gasteiger partial charge in [0, 0.05) is 21.1 Å². The molecule has 2 aromatic carbocycles. The van der Waals surface area contributed by atoms with Crippen LogP contribution in [0.25, 0.3) is 0 Å². The van der Waals surface area contributed by atoms with E-state index in [1.54, 1.807) is 43.5 Å². The maximum atomic E-state index is 12.6. The zero-order chi connectivity index (χ0) is 14.7. The van der Waals surface area contributed by atoms with Crippen molar-refractivity contribution in [2.24, 2.45) is 0 Å². The lowest BCUT2D eigenvalue weighted by Crippen LogP contribution is -2.05. The largest absolute Gasteiger partial charge is 0.497 e. The van der Waals surface area contributed by atoms with Crippen molar-refractivity contribution in [3.63, 3.8) is 0 Å². The molecule has 0 atom stereocenters. The minimum Gasteiger partial charge on any atom is -0.497 e.